The van der Waals surface area contributed by atoms with Gasteiger partial charge in [0, 0.05) is 59.8 Å². The largest absolute Gasteiger partial charge is 0.463 e. The van der Waals surface area contributed by atoms with Gasteiger partial charge in [0.15, 0.2) is 5.82 Å². The number of morpholine rings is 1. The summed E-state index contributed by atoms with van der Waals surface area (Å²) in [4.78, 5) is 14.4. The first-order valence-corrected chi connectivity index (χ1v) is 16.7. The number of aromatic nitrogens is 2. The van der Waals surface area contributed by atoms with Crippen molar-refractivity contribution in [3.05, 3.63) is 45.2 Å². The molecule has 1 saturated carbocycles. The van der Waals surface area contributed by atoms with Crippen molar-refractivity contribution in [2.24, 2.45) is 0 Å². The Balaban J connectivity index is 1.16. The summed E-state index contributed by atoms with van der Waals surface area (Å²) in [5.41, 5.74) is 3.32. The van der Waals surface area contributed by atoms with Gasteiger partial charge >= 0.3 is 6.01 Å². The maximum Gasteiger partial charge on any atom is 0.319 e. The number of fused-ring (bicyclic) bond motifs is 5. The molecule has 3 unspecified atom stereocenters. The summed E-state index contributed by atoms with van der Waals surface area (Å²) >= 11 is 13.7. The second kappa shape index (κ2) is 11.3. The van der Waals surface area contributed by atoms with E-state index >= 15 is 4.39 Å². The van der Waals surface area contributed by atoms with Gasteiger partial charge in [0.1, 0.15) is 11.3 Å². The number of halogens is 3. The average Bonchev–Trinajstić information content (AvgIpc) is 3.72. The molecular formula is C33H38Cl2FN5O2. The summed E-state index contributed by atoms with van der Waals surface area (Å²) in [5.74, 6) is 0.580. The molecule has 4 saturated heterocycles. The Bertz CT molecular complexity index is 1540. The second-order valence-electron chi connectivity index (χ2n) is 13.2. The van der Waals surface area contributed by atoms with Crippen LogP contribution in [0, 0.1) is 12.7 Å². The zero-order chi connectivity index (χ0) is 29.2. The molecule has 0 spiro atoms. The lowest BCUT2D eigenvalue weighted by atomic mass is 9.93. The van der Waals surface area contributed by atoms with Crippen molar-refractivity contribution < 1.29 is 13.9 Å². The molecule has 5 fully saturated rings. The lowest BCUT2D eigenvalue weighted by molar-refractivity contribution is -0.0161. The average molecular weight is 627 g/mol. The van der Waals surface area contributed by atoms with Gasteiger partial charge in [-0.2, -0.15) is 9.97 Å². The van der Waals surface area contributed by atoms with Crippen LogP contribution < -0.4 is 15.0 Å². The van der Waals surface area contributed by atoms with Gasteiger partial charge in [-0.3, -0.25) is 4.90 Å². The molecule has 5 heterocycles. The molecule has 10 heteroatoms. The van der Waals surface area contributed by atoms with E-state index in [9.17, 15) is 0 Å². The smallest absolute Gasteiger partial charge is 0.319 e. The van der Waals surface area contributed by atoms with Crippen molar-refractivity contribution >= 4 is 39.9 Å². The Hall–Kier alpha value is -2.23. The summed E-state index contributed by atoms with van der Waals surface area (Å²) < 4.78 is 28.8. The summed E-state index contributed by atoms with van der Waals surface area (Å²) in [6.45, 7) is 6.65. The van der Waals surface area contributed by atoms with Gasteiger partial charge in [0.2, 0.25) is 0 Å². The summed E-state index contributed by atoms with van der Waals surface area (Å²) in [6, 6.07) is 7.84. The molecule has 3 aromatic rings. The quantitative estimate of drug-likeness (QED) is 0.287. The van der Waals surface area contributed by atoms with E-state index in [2.05, 4.69) is 15.1 Å². The summed E-state index contributed by atoms with van der Waals surface area (Å²) in [7, 11) is 0. The Labute approximate surface area is 262 Å². The molecule has 8 rings (SSSR count). The van der Waals surface area contributed by atoms with Crippen LogP contribution in [0.2, 0.25) is 10.0 Å². The van der Waals surface area contributed by atoms with Gasteiger partial charge in [-0.1, -0.05) is 29.3 Å². The monoisotopic (exact) mass is 625 g/mol. The van der Waals surface area contributed by atoms with E-state index in [4.69, 9.17) is 42.6 Å². The van der Waals surface area contributed by atoms with E-state index in [-0.39, 0.29) is 11.5 Å². The van der Waals surface area contributed by atoms with Crippen LogP contribution in [-0.4, -0.2) is 78.5 Å². The first-order chi connectivity index (χ1) is 20.9. The van der Waals surface area contributed by atoms with E-state index < -0.39 is 5.82 Å². The van der Waals surface area contributed by atoms with Crippen molar-refractivity contribution in [2.45, 2.75) is 82.0 Å². The number of aryl methyl sites for hydroxylation is 1. The minimum absolute atomic E-state index is 0.218. The molecule has 0 radical (unpaired) electrons. The fraction of sp³-hybridized carbons (Fsp3) is 0.576. The van der Waals surface area contributed by atoms with E-state index in [1.807, 2.05) is 25.1 Å². The maximum absolute atomic E-state index is 16.8. The highest BCUT2D eigenvalue weighted by molar-refractivity contribution is 6.35. The lowest BCUT2D eigenvalue weighted by Gasteiger charge is -2.34. The molecule has 5 aliphatic rings. The molecule has 4 bridgehead atoms. The highest BCUT2D eigenvalue weighted by Gasteiger charge is 2.37. The Morgan fingerprint density at radius 3 is 2.44 bits per heavy atom. The molecule has 4 atom stereocenters. The van der Waals surface area contributed by atoms with E-state index in [0.717, 1.165) is 81.6 Å². The molecular weight excluding hydrogens is 588 g/mol. The van der Waals surface area contributed by atoms with Crippen LogP contribution in [0.15, 0.2) is 18.2 Å². The zero-order valence-electron chi connectivity index (χ0n) is 24.6. The van der Waals surface area contributed by atoms with Crippen LogP contribution in [0.4, 0.5) is 10.2 Å². The third-order valence-electron chi connectivity index (χ3n) is 10.1. The van der Waals surface area contributed by atoms with Crippen molar-refractivity contribution in [3.63, 3.8) is 0 Å². The Morgan fingerprint density at radius 2 is 1.72 bits per heavy atom. The number of hydrogen-bond donors (Lipinski definition) is 1. The summed E-state index contributed by atoms with van der Waals surface area (Å²) in [6.07, 6.45) is 7.61. The van der Waals surface area contributed by atoms with Gasteiger partial charge in [0.05, 0.1) is 24.8 Å². The molecule has 1 aromatic heterocycles. The number of anilines is 1. The lowest BCUT2D eigenvalue weighted by Crippen LogP contribution is -2.51. The predicted octanol–water partition coefficient (Wildman–Crippen LogP) is 6.50. The van der Waals surface area contributed by atoms with Crippen LogP contribution in [-0.2, 0) is 4.74 Å². The van der Waals surface area contributed by atoms with Gasteiger partial charge in [0.25, 0.3) is 0 Å². The fourth-order valence-electron chi connectivity index (χ4n) is 7.92. The molecule has 1 N–H and O–H groups in total. The predicted molar refractivity (Wildman–Crippen MR) is 168 cm³/mol. The topological polar surface area (TPSA) is 62.8 Å². The maximum atomic E-state index is 16.8. The van der Waals surface area contributed by atoms with Gasteiger partial charge in [-0.05, 0) is 86.6 Å². The third-order valence-corrected chi connectivity index (χ3v) is 10.7. The van der Waals surface area contributed by atoms with Crippen molar-refractivity contribution in [1.82, 2.24) is 20.2 Å². The number of benzene rings is 2. The zero-order valence-corrected chi connectivity index (χ0v) is 26.1. The number of nitrogens with one attached hydrogen (secondary N) is 1. The minimum Gasteiger partial charge on any atom is -0.463 e. The first-order valence-electron chi connectivity index (χ1n) is 15.9. The fourth-order valence-corrected chi connectivity index (χ4v) is 8.64. The standard InChI is InChI=1S/C33H38Cl2FN5O2/c1-18-11-24(28(19-3-4-19)26(34)12-18)29-27(35)13-25-31(30(29)36)38-33(39-32(25)40-14-20-5-6-21(15-40)37-20)43-10-2-9-41-22-7-8-23(41)17-42-16-22/h11-13,19-23,37H,2-10,14-17H2,1H3/t20?,21?,22-,23?/m0/s1. The van der Waals surface area contributed by atoms with Crippen LogP contribution in [0.5, 0.6) is 6.01 Å². The number of ether oxygens (including phenoxy) is 2. The molecule has 228 valence electrons. The highest BCUT2D eigenvalue weighted by atomic mass is 35.5. The van der Waals surface area contributed by atoms with Crippen molar-refractivity contribution in [3.8, 4) is 17.1 Å². The Morgan fingerprint density at radius 1 is 0.977 bits per heavy atom. The van der Waals surface area contributed by atoms with Crippen LogP contribution >= 0.6 is 23.2 Å². The van der Waals surface area contributed by atoms with Crippen LogP contribution in [0.3, 0.4) is 0 Å². The van der Waals surface area contributed by atoms with Crippen molar-refractivity contribution in [1.29, 1.82) is 0 Å². The van der Waals surface area contributed by atoms with Crippen LogP contribution in [0.25, 0.3) is 22.0 Å². The molecule has 7 nitrogen and oxygen atoms in total. The SMILES string of the molecule is Cc1cc(Cl)c(C2CC2)c(-c2c(Cl)cc3c(N4CC5CCC(C4)N5)nc(OCCCN4C5CC[C@H]4COC5)nc3c2F)c1. The number of hydrogen-bond acceptors (Lipinski definition) is 7. The van der Waals surface area contributed by atoms with E-state index in [0.29, 0.717) is 63.5 Å². The first kappa shape index (κ1) is 28.3. The Kier molecular flexibility index (Phi) is 7.42. The van der Waals surface area contributed by atoms with Gasteiger partial charge < -0.3 is 19.7 Å². The van der Waals surface area contributed by atoms with Crippen molar-refractivity contribution in [2.75, 3.05) is 44.4 Å². The molecule has 4 aliphatic heterocycles. The van der Waals surface area contributed by atoms with Crippen LogP contribution in [0.1, 0.15) is 62.0 Å². The van der Waals surface area contributed by atoms with Gasteiger partial charge in [-0.25, -0.2) is 4.39 Å². The number of nitrogens with zero attached hydrogens (tertiary/aromatic N) is 4. The minimum atomic E-state index is -0.442. The van der Waals surface area contributed by atoms with E-state index in [1.54, 1.807) is 0 Å². The van der Waals surface area contributed by atoms with E-state index in [1.165, 1.54) is 12.8 Å². The van der Waals surface area contributed by atoms with Gasteiger partial charge in [-0.15, -0.1) is 0 Å². The number of rotatable bonds is 8. The molecule has 1 aliphatic carbocycles. The normalized spacial score (nSPS) is 26.9. The second-order valence-corrected chi connectivity index (χ2v) is 14.0. The summed E-state index contributed by atoms with van der Waals surface area (Å²) in [5, 5.41) is 5.33. The molecule has 43 heavy (non-hydrogen) atoms. The third kappa shape index (κ3) is 5.27. The number of piperazine rings is 1. The molecule has 2 aromatic carbocycles. The highest BCUT2D eigenvalue weighted by Crippen LogP contribution is 2.50. The molecule has 0 amide bonds.